The molecule has 0 unspecified atom stereocenters. The Bertz CT molecular complexity index is 336. The number of nitrogens with one attached hydrogen (secondary N) is 1. The number of amides is 1. The monoisotopic (exact) mass is 225 g/mol. The van der Waals surface area contributed by atoms with Crippen molar-refractivity contribution in [3.05, 3.63) is 29.8 Å². The van der Waals surface area contributed by atoms with Crippen LogP contribution in [0, 0.1) is 0 Å². The number of aliphatic hydroxyl groups excluding tert-OH is 1. The summed E-state index contributed by atoms with van der Waals surface area (Å²) in [5, 5.41) is 19.6. The van der Waals surface area contributed by atoms with Crippen molar-refractivity contribution >= 4 is 6.09 Å². The third-order valence-electron chi connectivity index (χ3n) is 1.98. The molecular formula is C11H15NO4. The summed E-state index contributed by atoms with van der Waals surface area (Å²) in [5.74, 6) is 0.649. The van der Waals surface area contributed by atoms with Gasteiger partial charge in [0.15, 0.2) is 0 Å². The molecule has 0 aromatic heterocycles. The summed E-state index contributed by atoms with van der Waals surface area (Å²) < 4.78 is 5.36. The second kappa shape index (κ2) is 5.97. The van der Waals surface area contributed by atoms with Gasteiger partial charge in [-0.15, -0.1) is 0 Å². The van der Waals surface area contributed by atoms with E-state index in [1.54, 1.807) is 31.2 Å². The standard InChI is InChI=1S/C11H15NO4/c1-8(12-11(14)15)7-16-10-4-2-9(6-13)3-5-10/h2-5,8,12-13H,6-7H2,1H3,(H,14,15)/t8-/m0/s1. The van der Waals surface area contributed by atoms with Crippen LogP contribution in [0.1, 0.15) is 12.5 Å². The number of carboxylic acid groups (broad SMARTS) is 1. The fourth-order valence-corrected chi connectivity index (χ4v) is 1.16. The highest BCUT2D eigenvalue weighted by Gasteiger charge is 2.05. The van der Waals surface area contributed by atoms with Crippen LogP contribution in [-0.2, 0) is 6.61 Å². The Morgan fingerprint density at radius 3 is 2.56 bits per heavy atom. The Labute approximate surface area is 93.7 Å². The van der Waals surface area contributed by atoms with E-state index in [0.717, 1.165) is 5.56 Å². The van der Waals surface area contributed by atoms with Gasteiger partial charge >= 0.3 is 6.09 Å². The number of aliphatic hydroxyl groups is 1. The molecule has 5 heteroatoms. The van der Waals surface area contributed by atoms with Gasteiger partial charge in [0.1, 0.15) is 12.4 Å². The third kappa shape index (κ3) is 4.18. The number of hydrogen-bond acceptors (Lipinski definition) is 3. The average molecular weight is 225 g/mol. The minimum absolute atomic E-state index is 0.00273. The van der Waals surface area contributed by atoms with Crippen molar-refractivity contribution in [2.75, 3.05) is 6.61 Å². The predicted molar refractivity (Wildman–Crippen MR) is 58.5 cm³/mol. The van der Waals surface area contributed by atoms with Gasteiger partial charge in [-0.1, -0.05) is 12.1 Å². The molecule has 1 amide bonds. The summed E-state index contributed by atoms with van der Waals surface area (Å²) in [4.78, 5) is 10.3. The number of hydrogen-bond donors (Lipinski definition) is 3. The van der Waals surface area contributed by atoms with Crippen molar-refractivity contribution in [1.29, 1.82) is 0 Å². The van der Waals surface area contributed by atoms with Gasteiger partial charge in [-0.3, -0.25) is 0 Å². The maximum absolute atomic E-state index is 10.3. The molecule has 0 aliphatic rings. The number of carbonyl (C=O) groups is 1. The molecule has 1 aromatic carbocycles. The molecule has 5 nitrogen and oxygen atoms in total. The van der Waals surface area contributed by atoms with Crippen LogP contribution >= 0.6 is 0 Å². The molecule has 0 aliphatic heterocycles. The molecule has 0 spiro atoms. The smallest absolute Gasteiger partial charge is 0.404 e. The zero-order valence-corrected chi connectivity index (χ0v) is 9.01. The number of ether oxygens (including phenoxy) is 1. The van der Waals surface area contributed by atoms with E-state index in [-0.39, 0.29) is 19.3 Å². The van der Waals surface area contributed by atoms with E-state index in [1.165, 1.54) is 0 Å². The minimum atomic E-state index is -1.06. The Kier molecular flexibility index (Phi) is 4.60. The highest BCUT2D eigenvalue weighted by molar-refractivity contribution is 5.64. The molecule has 0 saturated heterocycles. The lowest BCUT2D eigenvalue weighted by atomic mass is 10.2. The predicted octanol–water partition coefficient (Wildman–Crippen LogP) is 1.21. The van der Waals surface area contributed by atoms with Gasteiger partial charge in [-0.2, -0.15) is 0 Å². The van der Waals surface area contributed by atoms with Crippen LogP contribution in [0.3, 0.4) is 0 Å². The van der Waals surface area contributed by atoms with E-state index in [4.69, 9.17) is 14.9 Å². The molecule has 0 heterocycles. The van der Waals surface area contributed by atoms with E-state index in [0.29, 0.717) is 5.75 Å². The maximum atomic E-state index is 10.3. The Morgan fingerprint density at radius 1 is 1.44 bits per heavy atom. The van der Waals surface area contributed by atoms with Crippen LogP contribution in [0.15, 0.2) is 24.3 Å². The fraction of sp³-hybridized carbons (Fsp3) is 0.364. The molecule has 1 rings (SSSR count). The number of benzene rings is 1. The zero-order chi connectivity index (χ0) is 12.0. The van der Waals surface area contributed by atoms with E-state index < -0.39 is 6.09 Å². The van der Waals surface area contributed by atoms with Gasteiger partial charge in [0.05, 0.1) is 12.6 Å². The van der Waals surface area contributed by atoms with Gasteiger partial charge < -0.3 is 20.3 Å². The first-order chi connectivity index (χ1) is 7.61. The zero-order valence-electron chi connectivity index (χ0n) is 9.01. The van der Waals surface area contributed by atoms with Crippen molar-refractivity contribution in [2.45, 2.75) is 19.6 Å². The topological polar surface area (TPSA) is 78.8 Å². The molecule has 16 heavy (non-hydrogen) atoms. The first-order valence-electron chi connectivity index (χ1n) is 4.94. The van der Waals surface area contributed by atoms with Crippen molar-refractivity contribution in [1.82, 2.24) is 5.32 Å². The van der Waals surface area contributed by atoms with Crippen molar-refractivity contribution < 1.29 is 19.7 Å². The van der Waals surface area contributed by atoms with Crippen LogP contribution in [0.2, 0.25) is 0 Å². The second-order valence-electron chi connectivity index (χ2n) is 3.46. The molecular weight excluding hydrogens is 210 g/mol. The second-order valence-corrected chi connectivity index (χ2v) is 3.46. The first kappa shape index (κ1) is 12.3. The van der Waals surface area contributed by atoms with Gasteiger partial charge in [-0.25, -0.2) is 4.79 Å². The maximum Gasteiger partial charge on any atom is 0.404 e. The summed E-state index contributed by atoms with van der Waals surface area (Å²) >= 11 is 0. The molecule has 0 fully saturated rings. The molecule has 0 aliphatic carbocycles. The van der Waals surface area contributed by atoms with Crippen molar-refractivity contribution in [2.24, 2.45) is 0 Å². The van der Waals surface area contributed by atoms with Gasteiger partial charge in [0, 0.05) is 0 Å². The highest BCUT2D eigenvalue weighted by atomic mass is 16.5. The Hall–Kier alpha value is -1.75. The Balaban J connectivity index is 2.39. The van der Waals surface area contributed by atoms with Crippen LogP contribution in [0.25, 0.3) is 0 Å². The van der Waals surface area contributed by atoms with Crippen LogP contribution in [0.4, 0.5) is 4.79 Å². The lowest BCUT2D eigenvalue weighted by molar-refractivity contribution is 0.183. The van der Waals surface area contributed by atoms with Crippen molar-refractivity contribution in [3.63, 3.8) is 0 Å². The summed E-state index contributed by atoms with van der Waals surface area (Å²) in [6.07, 6.45) is -1.06. The highest BCUT2D eigenvalue weighted by Crippen LogP contribution is 2.12. The summed E-state index contributed by atoms with van der Waals surface area (Å²) in [6, 6.07) is 6.71. The van der Waals surface area contributed by atoms with Crippen molar-refractivity contribution in [3.8, 4) is 5.75 Å². The molecule has 1 atom stereocenters. The molecule has 0 bridgehead atoms. The largest absolute Gasteiger partial charge is 0.491 e. The normalized spacial score (nSPS) is 11.9. The summed E-state index contributed by atoms with van der Waals surface area (Å²) in [5.41, 5.74) is 0.809. The number of rotatable bonds is 5. The molecule has 0 saturated carbocycles. The van der Waals surface area contributed by atoms with Crippen LogP contribution in [0.5, 0.6) is 5.75 Å². The summed E-state index contributed by atoms with van der Waals surface area (Å²) in [6.45, 7) is 1.98. The van der Waals surface area contributed by atoms with Gasteiger partial charge in [0.25, 0.3) is 0 Å². The molecule has 88 valence electrons. The molecule has 0 radical (unpaired) electrons. The fourth-order valence-electron chi connectivity index (χ4n) is 1.16. The van der Waals surface area contributed by atoms with E-state index in [2.05, 4.69) is 5.32 Å². The SMILES string of the molecule is C[C@@H](COc1ccc(CO)cc1)NC(=O)O. The average Bonchev–Trinajstić information content (AvgIpc) is 2.26. The van der Waals surface area contributed by atoms with E-state index >= 15 is 0 Å². The van der Waals surface area contributed by atoms with Crippen LogP contribution < -0.4 is 10.1 Å². The Morgan fingerprint density at radius 2 is 2.06 bits per heavy atom. The molecule has 3 N–H and O–H groups in total. The van der Waals surface area contributed by atoms with Crippen LogP contribution in [-0.4, -0.2) is 29.0 Å². The lowest BCUT2D eigenvalue weighted by Crippen LogP contribution is -2.35. The van der Waals surface area contributed by atoms with E-state index in [9.17, 15) is 4.79 Å². The quantitative estimate of drug-likeness (QED) is 0.703. The van der Waals surface area contributed by atoms with E-state index in [1.807, 2.05) is 0 Å². The van der Waals surface area contributed by atoms with Gasteiger partial charge in [-0.05, 0) is 24.6 Å². The third-order valence-corrected chi connectivity index (χ3v) is 1.98. The van der Waals surface area contributed by atoms with Gasteiger partial charge in [0.2, 0.25) is 0 Å². The lowest BCUT2D eigenvalue weighted by Gasteiger charge is -2.12. The molecule has 1 aromatic rings. The first-order valence-corrected chi connectivity index (χ1v) is 4.94. The minimum Gasteiger partial charge on any atom is -0.491 e. The summed E-state index contributed by atoms with van der Waals surface area (Å²) in [7, 11) is 0.